The zero-order valence-electron chi connectivity index (χ0n) is 15.6. The van der Waals surface area contributed by atoms with Crippen LogP contribution in [0.4, 0.5) is 4.79 Å². The van der Waals surface area contributed by atoms with Gasteiger partial charge in [-0.15, -0.1) is 0 Å². The molecule has 0 aromatic heterocycles. The first-order valence-electron chi connectivity index (χ1n) is 10.0. The van der Waals surface area contributed by atoms with Crippen LogP contribution in [0.15, 0.2) is 48.5 Å². The van der Waals surface area contributed by atoms with Gasteiger partial charge in [-0.1, -0.05) is 55.0 Å². The highest BCUT2D eigenvalue weighted by atomic mass is 16.6. The van der Waals surface area contributed by atoms with E-state index in [1.54, 1.807) is 0 Å². The number of aliphatic carboxylic acids is 1. The minimum atomic E-state index is -0.928. The fourth-order valence-corrected chi connectivity index (χ4v) is 5.44. The zero-order valence-corrected chi connectivity index (χ0v) is 15.6. The van der Waals surface area contributed by atoms with Crippen LogP contribution in [0.5, 0.6) is 0 Å². The molecule has 3 aliphatic rings. The summed E-state index contributed by atoms with van der Waals surface area (Å²) < 4.78 is 5.74. The van der Waals surface area contributed by atoms with Crippen molar-refractivity contribution in [3.8, 4) is 11.1 Å². The summed E-state index contributed by atoms with van der Waals surface area (Å²) in [5.41, 5.74) is 4.68. The molecule has 1 heterocycles. The number of nitrogens with zero attached hydrogens (tertiary/aromatic N) is 1. The normalized spacial score (nSPS) is 25.3. The highest BCUT2D eigenvalue weighted by Gasteiger charge is 2.49. The largest absolute Gasteiger partial charge is 0.480 e. The summed E-state index contributed by atoms with van der Waals surface area (Å²) >= 11 is 0. The highest BCUT2D eigenvalue weighted by Crippen LogP contribution is 2.45. The van der Waals surface area contributed by atoms with E-state index in [-0.39, 0.29) is 18.6 Å². The number of carbonyl (C=O) groups excluding carboxylic acids is 1. The molecule has 1 amide bonds. The summed E-state index contributed by atoms with van der Waals surface area (Å²) in [6.45, 7) is 0.229. The van der Waals surface area contributed by atoms with Gasteiger partial charge in [-0.2, -0.15) is 0 Å². The predicted octanol–water partition coefficient (Wildman–Crippen LogP) is 4.26. The third-order valence-corrected chi connectivity index (χ3v) is 6.67. The molecule has 1 aliphatic heterocycles. The fraction of sp³-hybridized carbons (Fsp3) is 0.391. The topological polar surface area (TPSA) is 66.8 Å². The SMILES string of the molecule is O=C(O)C1CC2CCC[C@@H]2N1C(=O)OCC1c2ccccc2-c2ccccc21. The molecule has 2 aromatic rings. The molecular weight excluding hydrogens is 354 g/mol. The number of likely N-dealkylation sites (tertiary alicyclic amines) is 1. The van der Waals surface area contributed by atoms with Crippen LogP contribution in [0.1, 0.15) is 42.7 Å². The van der Waals surface area contributed by atoms with E-state index in [2.05, 4.69) is 24.3 Å². The van der Waals surface area contributed by atoms with Crippen LogP contribution >= 0.6 is 0 Å². The van der Waals surface area contributed by atoms with Gasteiger partial charge in [-0.3, -0.25) is 4.90 Å². The second kappa shape index (κ2) is 6.66. The molecule has 5 nitrogen and oxygen atoms in total. The molecule has 144 valence electrons. The quantitative estimate of drug-likeness (QED) is 0.868. The molecule has 5 rings (SSSR count). The molecule has 2 unspecified atom stereocenters. The Morgan fingerprint density at radius 2 is 1.64 bits per heavy atom. The molecule has 28 heavy (non-hydrogen) atoms. The molecule has 1 saturated heterocycles. The summed E-state index contributed by atoms with van der Waals surface area (Å²) in [6.07, 6.45) is 2.99. The van der Waals surface area contributed by atoms with Crippen molar-refractivity contribution >= 4 is 12.1 Å². The number of fused-ring (bicyclic) bond motifs is 4. The lowest BCUT2D eigenvalue weighted by molar-refractivity contribution is -0.142. The van der Waals surface area contributed by atoms with Crippen molar-refractivity contribution < 1.29 is 19.4 Å². The first-order chi connectivity index (χ1) is 13.6. The van der Waals surface area contributed by atoms with Gasteiger partial charge in [0.2, 0.25) is 0 Å². The van der Waals surface area contributed by atoms with E-state index in [0.29, 0.717) is 12.3 Å². The third-order valence-electron chi connectivity index (χ3n) is 6.67. The maximum absolute atomic E-state index is 12.9. The number of carboxylic acid groups (broad SMARTS) is 1. The maximum Gasteiger partial charge on any atom is 0.410 e. The molecule has 0 spiro atoms. The van der Waals surface area contributed by atoms with Gasteiger partial charge < -0.3 is 9.84 Å². The van der Waals surface area contributed by atoms with Crippen molar-refractivity contribution in [2.45, 2.75) is 43.7 Å². The number of benzene rings is 2. The van der Waals surface area contributed by atoms with E-state index < -0.39 is 18.1 Å². The van der Waals surface area contributed by atoms with Crippen molar-refractivity contribution in [1.29, 1.82) is 0 Å². The lowest BCUT2D eigenvalue weighted by Crippen LogP contribution is -2.45. The van der Waals surface area contributed by atoms with Crippen molar-refractivity contribution in [3.05, 3.63) is 59.7 Å². The zero-order chi connectivity index (χ0) is 19.3. The Kier molecular flexibility index (Phi) is 4.11. The molecule has 5 heteroatoms. The molecule has 2 fully saturated rings. The Hall–Kier alpha value is -2.82. The van der Waals surface area contributed by atoms with E-state index in [0.717, 1.165) is 30.4 Å². The number of hydrogen-bond donors (Lipinski definition) is 1. The van der Waals surface area contributed by atoms with Gasteiger partial charge in [0.05, 0.1) is 0 Å². The van der Waals surface area contributed by atoms with Crippen LogP contribution in [0.25, 0.3) is 11.1 Å². The van der Waals surface area contributed by atoms with E-state index >= 15 is 0 Å². The Morgan fingerprint density at radius 1 is 1.00 bits per heavy atom. The highest BCUT2D eigenvalue weighted by molar-refractivity contribution is 5.82. The summed E-state index contributed by atoms with van der Waals surface area (Å²) in [7, 11) is 0. The van der Waals surface area contributed by atoms with Crippen molar-refractivity contribution in [2.75, 3.05) is 6.61 Å². The Balaban J connectivity index is 1.37. The van der Waals surface area contributed by atoms with Crippen LogP contribution in [-0.2, 0) is 9.53 Å². The van der Waals surface area contributed by atoms with Crippen molar-refractivity contribution in [1.82, 2.24) is 4.90 Å². The lowest BCUT2D eigenvalue weighted by atomic mass is 9.98. The smallest absolute Gasteiger partial charge is 0.410 e. The molecule has 2 aliphatic carbocycles. The van der Waals surface area contributed by atoms with Gasteiger partial charge in [-0.05, 0) is 47.4 Å². The first kappa shape index (κ1) is 17.3. The van der Waals surface area contributed by atoms with Gasteiger partial charge in [0, 0.05) is 12.0 Å². The van der Waals surface area contributed by atoms with Crippen LogP contribution in [0.3, 0.4) is 0 Å². The molecule has 0 radical (unpaired) electrons. The van der Waals surface area contributed by atoms with Crippen molar-refractivity contribution in [2.24, 2.45) is 5.92 Å². The van der Waals surface area contributed by atoms with Crippen LogP contribution in [0.2, 0.25) is 0 Å². The summed E-state index contributed by atoms with van der Waals surface area (Å²) in [6, 6.07) is 15.7. The van der Waals surface area contributed by atoms with Crippen LogP contribution in [-0.4, -0.2) is 40.8 Å². The Bertz CT molecular complexity index is 894. The van der Waals surface area contributed by atoms with Crippen LogP contribution in [0, 0.1) is 5.92 Å². The summed E-state index contributed by atoms with van der Waals surface area (Å²) in [5.74, 6) is -0.647. The number of rotatable bonds is 3. The molecular formula is C23H23NO4. The second-order valence-electron chi connectivity index (χ2n) is 8.06. The number of hydrogen-bond acceptors (Lipinski definition) is 3. The molecule has 2 aromatic carbocycles. The van der Waals surface area contributed by atoms with Gasteiger partial charge in [0.1, 0.15) is 12.6 Å². The van der Waals surface area contributed by atoms with Gasteiger partial charge in [0.15, 0.2) is 0 Å². The van der Waals surface area contributed by atoms with Crippen LogP contribution < -0.4 is 0 Å². The maximum atomic E-state index is 12.9. The number of ether oxygens (including phenoxy) is 1. The average molecular weight is 377 g/mol. The number of carboxylic acids is 1. The Labute approximate surface area is 163 Å². The third kappa shape index (κ3) is 2.60. The monoisotopic (exact) mass is 377 g/mol. The molecule has 0 bridgehead atoms. The lowest BCUT2D eigenvalue weighted by Gasteiger charge is -2.27. The number of carbonyl (C=O) groups is 2. The molecule has 1 saturated carbocycles. The van der Waals surface area contributed by atoms with Gasteiger partial charge >= 0.3 is 12.1 Å². The minimum Gasteiger partial charge on any atom is -0.480 e. The second-order valence-corrected chi connectivity index (χ2v) is 8.06. The Morgan fingerprint density at radius 3 is 2.29 bits per heavy atom. The van der Waals surface area contributed by atoms with E-state index in [1.807, 2.05) is 24.3 Å². The van der Waals surface area contributed by atoms with E-state index in [4.69, 9.17) is 4.74 Å². The average Bonchev–Trinajstić information content (AvgIpc) is 3.37. The van der Waals surface area contributed by atoms with E-state index in [1.165, 1.54) is 16.0 Å². The molecule has 3 atom stereocenters. The first-order valence-corrected chi connectivity index (χ1v) is 10.0. The van der Waals surface area contributed by atoms with E-state index in [9.17, 15) is 14.7 Å². The standard InChI is InChI=1S/C23H23NO4/c25-22(26)21-12-14-6-5-11-20(14)24(21)23(27)28-13-19-17-9-3-1-7-15(17)16-8-2-4-10-18(16)19/h1-4,7-10,14,19-21H,5-6,11-13H2,(H,25,26)/t14?,20-,21?/m0/s1. The summed E-state index contributed by atoms with van der Waals surface area (Å²) in [5, 5.41) is 9.58. The van der Waals surface area contributed by atoms with Crippen molar-refractivity contribution in [3.63, 3.8) is 0 Å². The van der Waals surface area contributed by atoms with Gasteiger partial charge in [-0.25, -0.2) is 9.59 Å². The number of amides is 1. The predicted molar refractivity (Wildman–Crippen MR) is 104 cm³/mol. The van der Waals surface area contributed by atoms with Gasteiger partial charge in [0.25, 0.3) is 0 Å². The summed E-state index contributed by atoms with van der Waals surface area (Å²) in [4.78, 5) is 26.1. The minimum absolute atomic E-state index is 0.0109. The fourth-order valence-electron chi connectivity index (χ4n) is 5.44. The molecule has 1 N–H and O–H groups in total.